The van der Waals surface area contributed by atoms with Gasteiger partial charge in [-0.2, -0.15) is 0 Å². The normalized spacial score (nSPS) is 9.38. The quantitative estimate of drug-likeness (QED) is 0.525. The molecule has 1 rings (SSSR count). The summed E-state index contributed by atoms with van der Waals surface area (Å²) in [7, 11) is 3.16. The van der Waals surface area contributed by atoms with Gasteiger partial charge in [-0.25, -0.2) is 0 Å². The molecule has 4 heteroatoms. The molecule has 0 aliphatic heterocycles. The molecule has 0 fully saturated rings. The summed E-state index contributed by atoms with van der Waals surface area (Å²) in [5.74, 6) is 1.86. The summed E-state index contributed by atoms with van der Waals surface area (Å²) in [4.78, 5) is 0. The smallest absolute Gasteiger partial charge is 0.203 e. The van der Waals surface area contributed by atoms with Gasteiger partial charge in [0.15, 0.2) is 11.5 Å². The Kier molecular flexibility index (Phi) is 5.05. The highest BCUT2D eigenvalue weighted by molar-refractivity contribution is 5.50. The summed E-state index contributed by atoms with van der Waals surface area (Å²) in [6, 6.07) is 5.46. The van der Waals surface area contributed by atoms with Crippen molar-refractivity contribution in [1.29, 1.82) is 0 Å². The van der Waals surface area contributed by atoms with Gasteiger partial charge in [-0.3, -0.25) is 0 Å². The van der Waals surface area contributed by atoms with Crippen LogP contribution in [0.4, 0.5) is 0 Å². The molecule has 1 aromatic rings. The topological polar surface area (TPSA) is 36.9 Å². The minimum Gasteiger partial charge on any atom is -0.498 e. The Balaban J connectivity index is 2.67. The van der Waals surface area contributed by atoms with Crippen LogP contribution in [0.25, 0.3) is 0 Å². The molecule has 0 aliphatic carbocycles. The molecule has 16 heavy (non-hydrogen) atoms. The monoisotopic (exact) mass is 224 g/mol. The lowest BCUT2D eigenvalue weighted by atomic mass is 10.3. The highest BCUT2D eigenvalue weighted by atomic mass is 16.5. The second kappa shape index (κ2) is 6.61. The number of para-hydroxylation sites is 1. The maximum atomic E-state index is 5.49. The van der Waals surface area contributed by atoms with Crippen LogP contribution in [0, 0.1) is 0 Å². The largest absolute Gasteiger partial charge is 0.498 e. The molecule has 0 aromatic heterocycles. The van der Waals surface area contributed by atoms with Gasteiger partial charge in [0.1, 0.15) is 13.2 Å². The van der Waals surface area contributed by atoms with E-state index in [9.17, 15) is 0 Å². The molecule has 0 radical (unpaired) electrons. The van der Waals surface area contributed by atoms with Crippen molar-refractivity contribution in [3.63, 3.8) is 0 Å². The van der Waals surface area contributed by atoms with E-state index in [1.54, 1.807) is 14.2 Å². The third kappa shape index (κ3) is 3.08. The SMILES string of the molecule is C=COCCOc1cccc(OC)c1OC. The zero-order valence-corrected chi connectivity index (χ0v) is 9.56. The number of methoxy groups -OCH3 is 2. The van der Waals surface area contributed by atoms with E-state index in [4.69, 9.17) is 18.9 Å². The summed E-state index contributed by atoms with van der Waals surface area (Å²) < 4.78 is 20.8. The van der Waals surface area contributed by atoms with E-state index in [0.29, 0.717) is 30.5 Å². The molecule has 0 amide bonds. The minimum atomic E-state index is 0.426. The molecule has 0 atom stereocenters. The van der Waals surface area contributed by atoms with Crippen LogP contribution in [0.15, 0.2) is 31.0 Å². The van der Waals surface area contributed by atoms with E-state index in [-0.39, 0.29) is 0 Å². The fourth-order valence-corrected chi connectivity index (χ4v) is 1.25. The minimum absolute atomic E-state index is 0.426. The fourth-order valence-electron chi connectivity index (χ4n) is 1.25. The molecule has 0 bridgehead atoms. The number of benzene rings is 1. The Morgan fingerprint density at radius 3 is 2.50 bits per heavy atom. The van der Waals surface area contributed by atoms with Crippen molar-refractivity contribution >= 4 is 0 Å². The van der Waals surface area contributed by atoms with Gasteiger partial charge >= 0.3 is 0 Å². The van der Waals surface area contributed by atoms with Crippen LogP contribution >= 0.6 is 0 Å². The Labute approximate surface area is 95.4 Å². The molecule has 88 valence electrons. The van der Waals surface area contributed by atoms with Crippen LogP contribution in [0.3, 0.4) is 0 Å². The zero-order chi connectivity index (χ0) is 11.8. The molecule has 0 heterocycles. The lowest BCUT2D eigenvalue weighted by molar-refractivity contribution is 0.175. The van der Waals surface area contributed by atoms with Gasteiger partial charge in [-0.15, -0.1) is 0 Å². The Morgan fingerprint density at radius 1 is 1.12 bits per heavy atom. The molecular weight excluding hydrogens is 208 g/mol. The van der Waals surface area contributed by atoms with Crippen LogP contribution in [-0.2, 0) is 4.74 Å². The van der Waals surface area contributed by atoms with Crippen molar-refractivity contribution in [2.24, 2.45) is 0 Å². The van der Waals surface area contributed by atoms with Crippen molar-refractivity contribution in [1.82, 2.24) is 0 Å². The first-order chi connectivity index (χ1) is 7.83. The number of rotatable bonds is 7. The molecule has 1 aromatic carbocycles. The Hall–Kier alpha value is -1.84. The summed E-state index contributed by atoms with van der Waals surface area (Å²) in [5, 5.41) is 0. The van der Waals surface area contributed by atoms with Gasteiger partial charge in [0.05, 0.1) is 20.5 Å². The van der Waals surface area contributed by atoms with Crippen molar-refractivity contribution in [2.75, 3.05) is 27.4 Å². The van der Waals surface area contributed by atoms with Crippen molar-refractivity contribution in [2.45, 2.75) is 0 Å². The molecule has 0 N–H and O–H groups in total. The van der Waals surface area contributed by atoms with Gasteiger partial charge in [-0.05, 0) is 12.1 Å². The lowest BCUT2D eigenvalue weighted by Gasteiger charge is -2.13. The second-order valence-corrected chi connectivity index (χ2v) is 2.88. The fraction of sp³-hybridized carbons (Fsp3) is 0.333. The van der Waals surface area contributed by atoms with Crippen molar-refractivity contribution in [3.05, 3.63) is 31.0 Å². The Morgan fingerprint density at radius 2 is 1.88 bits per heavy atom. The summed E-state index contributed by atoms with van der Waals surface area (Å²) >= 11 is 0. The molecular formula is C12H16O4. The summed E-state index contributed by atoms with van der Waals surface area (Å²) in [5.41, 5.74) is 0. The average molecular weight is 224 g/mol. The van der Waals surface area contributed by atoms with E-state index < -0.39 is 0 Å². The molecule has 0 saturated carbocycles. The molecule has 4 nitrogen and oxygen atoms in total. The van der Waals surface area contributed by atoms with Crippen LogP contribution < -0.4 is 14.2 Å². The standard InChI is InChI=1S/C12H16O4/c1-4-15-8-9-16-11-7-5-6-10(13-2)12(11)14-3/h4-7H,1,8-9H2,2-3H3. The predicted octanol–water partition coefficient (Wildman–Crippen LogP) is 2.24. The third-order valence-electron chi connectivity index (χ3n) is 1.94. The van der Waals surface area contributed by atoms with Crippen molar-refractivity contribution < 1.29 is 18.9 Å². The van der Waals surface area contributed by atoms with Gasteiger partial charge in [-0.1, -0.05) is 12.6 Å². The van der Waals surface area contributed by atoms with E-state index in [1.807, 2.05) is 18.2 Å². The van der Waals surface area contributed by atoms with Crippen LogP contribution in [-0.4, -0.2) is 27.4 Å². The first-order valence-corrected chi connectivity index (χ1v) is 4.89. The van der Waals surface area contributed by atoms with E-state index in [2.05, 4.69) is 6.58 Å². The van der Waals surface area contributed by atoms with Gasteiger partial charge < -0.3 is 18.9 Å². The molecule has 0 aliphatic rings. The summed E-state index contributed by atoms with van der Waals surface area (Å²) in [6.45, 7) is 4.32. The number of hydrogen-bond donors (Lipinski definition) is 0. The summed E-state index contributed by atoms with van der Waals surface area (Å²) in [6.07, 6.45) is 1.38. The average Bonchev–Trinajstić information content (AvgIpc) is 2.34. The first-order valence-electron chi connectivity index (χ1n) is 4.89. The van der Waals surface area contributed by atoms with Crippen LogP contribution in [0.5, 0.6) is 17.2 Å². The molecule has 0 saturated heterocycles. The van der Waals surface area contributed by atoms with E-state index in [1.165, 1.54) is 6.26 Å². The maximum absolute atomic E-state index is 5.49. The maximum Gasteiger partial charge on any atom is 0.203 e. The van der Waals surface area contributed by atoms with Crippen LogP contribution in [0.2, 0.25) is 0 Å². The van der Waals surface area contributed by atoms with Gasteiger partial charge in [0.2, 0.25) is 5.75 Å². The molecule has 0 spiro atoms. The highest BCUT2D eigenvalue weighted by Gasteiger charge is 2.09. The van der Waals surface area contributed by atoms with E-state index >= 15 is 0 Å². The number of hydrogen-bond acceptors (Lipinski definition) is 4. The first kappa shape index (κ1) is 12.2. The highest BCUT2D eigenvalue weighted by Crippen LogP contribution is 2.36. The molecule has 0 unspecified atom stereocenters. The van der Waals surface area contributed by atoms with Gasteiger partial charge in [0, 0.05) is 0 Å². The van der Waals surface area contributed by atoms with Crippen molar-refractivity contribution in [3.8, 4) is 17.2 Å². The predicted molar refractivity (Wildman–Crippen MR) is 61.2 cm³/mol. The third-order valence-corrected chi connectivity index (χ3v) is 1.94. The second-order valence-electron chi connectivity index (χ2n) is 2.88. The lowest BCUT2D eigenvalue weighted by Crippen LogP contribution is -2.05. The number of ether oxygens (including phenoxy) is 4. The van der Waals surface area contributed by atoms with E-state index in [0.717, 1.165) is 0 Å². The van der Waals surface area contributed by atoms with Gasteiger partial charge in [0.25, 0.3) is 0 Å². The Bertz CT molecular complexity index is 336. The zero-order valence-electron chi connectivity index (χ0n) is 9.56. The van der Waals surface area contributed by atoms with Crippen LogP contribution in [0.1, 0.15) is 0 Å².